The molecule has 0 aliphatic carbocycles. The lowest BCUT2D eigenvalue weighted by Gasteiger charge is -2.10. The molecule has 0 saturated heterocycles. The zero-order chi connectivity index (χ0) is 16.8. The number of aromatic nitrogens is 1. The molecule has 0 aliphatic rings. The molecule has 1 aromatic carbocycles. The zero-order valence-corrected chi connectivity index (χ0v) is 18.5. The van der Waals surface area contributed by atoms with Crippen molar-refractivity contribution in [3.05, 3.63) is 50.6 Å². The van der Waals surface area contributed by atoms with E-state index in [9.17, 15) is 0 Å². The second kappa shape index (κ2) is 10.2. The summed E-state index contributed by atoms with van der Waals surface area (Å²) in [6.45, 7) is 7.59. The molecule has 0 spiro atoms. The molecule has 132 valence electrons. The van der Waals surface area contributed by atoms with Crippen LogP contribution in [0.25, 0.3) is 0 Å². The van der Waals surface area contributed by atoms with Crippen LogP contribution in [0.5, 0.6) is 0 Å². The lowest BCUT2D eigenvalue weighted by molar-refractivity contribution is 0.463. The molecule has 0 unspecified atom stereocenters. The number of guanidine groups is 1. The van der Waals surface area contributed by atoms with Crippen LogP contribution in [0.1, 0.15) is 29.8 Å². The molecule has 0 amide bonds. The van der Waals surface area contributed by atoms with Gasteiger partial charge in [0.15, 0.2) is 5.96 Å². The number of oxazole rings is 1. The highest BCUT2D eigenvalue weighted by Crippen LogP contribution is 2.21. The van der Waals surface area contributed by atoms with Crippen LogP contribution in [0.4, 0.5) is 0 Å². The number of nitrogens with zero attached hydrogens (tertiary/aromatic N) is 2. The maximum atomic E-state index is 6.22. The average molecular weight is 528 g/mol. The minimum absolute atomic E-state index is 0. The lowest BCUT2D eigenvalue weighted by atomic mass is 10.2. The first-order valence-corrected chi connectivity index (χ1v) is 8.55. The zero-order valence-electron chi connectivity index (χ0n) is 13.8. The molecular weight excluding hydrogens is 506 g/mol. The van der Waals surface area contributed by atoms with Gasteiger partial charge in [0.1, 0.15) is 5.76 Å². The molecular formula is C16H21BrClIN4O. The van der Waals surface area contributed by atoms with E-state index in [0.29, 0.717) is 30.0 Å². The number of hydrogen-bond donors (Lipinski definition) is 2. The van der Waals surface area contributed by atoms with Crippen molar-refractivity contribution in [3.63, 3.8) is 0 Å². The number of benzene rings is 1. The van der Waals surface area contributed by atoms with E-state index in [1.807, 2.05) is 39.0 Å². The van der Waals surface area contributed by atoms with Gasteiger partial charge in [-0.15, -0.1) is 24.0 Å². The molecule has 1 aromatic heterocycles. The minimum atomic E-state index is 0. The van der Waals surface area contributed by atoms with Gasteiger partial charge >= 0.3 is 0 Å². The summed E-state index contributed by atoms with van der Waals surface area (Å²) in [6, 6.07) is 5.78. The first-order valence-electron chi connectivity index (χ1n) is 7.38. The van der Waals surface area contributed by atoms with Crippen LogP contribution in [0.15, 0.2) is 32.1 Å². The Balaban J connectivity index is 0.00000288. The Morgan fingerprint density at radius 1 is 1.33 bits per heavy atom. The molecule has 0 aliphatic heterocycles. The Bertz CT molecular complexity index is 686. The van der Waals surface area contributed by atoms with E-state index >= 15 is 0 Å². The fraction of sp³-hybridized carbons (Fsp3) is 0.375. The summed E-state index contributed by atoms with van der Waals surface area (Å²) in [5, 5.41) is 7.09. The Labute approximate surface area is 172 Å². The van der Waals surface area contributed by atoms with Gasteiger partial charge in [-0.05, 0) is 38.5 Å². The van der Waals surface area contributed by atoms with E-state index in [4.69, 9.17) is 16.0 Å². The Morgan fingerprint density at radius 2 is 2.08 bits per heavy atom. The van der Waals surface area contributed by atoms with Gasteiger partial charge in [-0.2, -0.15) is 0 Å². The predicted octanol–water partition coefficient (Wildman–Crippen LogP) is 4.58. The van der Waals surface area contributed by atoms with Crippen molar-refractivity contribution in [1.29, 1.82) is 0 Å². The van der Waals surface area contributed by atoms with Gasteiger partial charge in [0.2, 0.25) is 5.89 Å². The number of aryl methyl sites for hydroxylation is 2. The van der Waals surface area contributed by atoms with Gasteiger partial charge in [0, 0.05) is 16.0 Å². The van der Waals surface area contributed by atoms with E-state index in [0.717, 1.165) is 28.0 Å². The first kappa shape index (κ1) is 21.2. The predicted molar refractivity (Wildman–Crippen MR) is 112 cm³/mol. The molecule has 2 N–H and O–H groups in total. The molecule has 2 rings (SSSR count). The normalized spacial score (nSPS) is 11.1. The van der Waals surface area contributed by atoms with E-state index in [-0.39, 0.29) is 24.0 Å². The molecule has 8 heteroatoms. The van der Waals surface area contributed by atoms with E-state index < -0.39 is 0 Å². The highest BCUT2D eigenvalue weighted by atomic mass is 127. The fourth-order valence-electron chi connectivity index (χ4n) is 1.93. The number of hydrogen-bond acceptors (Lipinski definition) is 3. The number of aliphatic imine (C=N–C) groups is 1. The van der Waals surface area contributed by atoms with Gasteiger partial charge in [0.05, 0.1) is 18.8 Å². The minimum Gasteiger partial charge on any atom is -0.444 e. The molecule has 2 aromatic rings. The molecule has 0 fully saturated rings. The van der Waals surface area contributed by atoms with Gasteiger partial charge in [-0.25, -0.2) is 9.98 Å². The maximum Gasteiger partial charge on any atom is 0.214 e. The van der Waals surface area contributed by atoms with Crippen molar-refractivity contribution in [2.24, 2.45) is 4.99 Å². The van der Waals surface area contributed by atoms with Crippen LogP contribution in [0, 0.1) is 13.8 Å². The quantitative estimate of drug-likeness (QED) is 0.340. The maximum absolute atomic E-state index is 6.22. The molecule has 5 nitrogen and oxygen atoms in total. The van der Waals surface area contributed by atoms with Crippen molar-refractivity contribution in [2.75, 3.05) is 6.54 Å². The topological polar surface area (TPSA) is 62.5 Å². The summed E-state index contributed by atoms with van der Waals surface area (Å²) in [5.41, 5.74) is 1.88. The lowest BCUT2D eigenvalue weighted by Crippen LogP contribution is -2.36. The third-order valence-electron chi connectivity index (χ3n) is 3.25. The van der Waals surface area contributed by atoms with Crippen LogP contribution < -0.4 is 10.6 Å². The van der Waals surface area contributed by atoms with Crippen LogP contribution >= 0.6 is 51.5 Å². The standard InChI is InChI=1S/C16H20BrClN4O.HI/c1-4-19-16(21-9-15-22-10(2)11(3)23-15)20-8-12-5-6-13(17)7-14(12)18;/h5-7H,4,8-9H2,1-3H3,(H2,19,20,21);1H. The number of nitrogens with one attached hydrogen (secondary N) is 2. The molecule has 1 heterocycles. The van der Waals surface area contributed by atoms with Gasteiger partial charge in [0.25, 0.3) is 0 Å². The summed E-state index contributed by atoms with van der Waals surface area (Å²) in [5.74, 6) is 2.18. The van der Waals surface area contributed by atoms with E-state index in [1.54, 1.807) is 0 Å². The third kappa shape index (κ3) is 6.25. The largest absolute Gasteiger partial charge is 0.444 e. The highest BCUT2D eigenvalue weighted by molar-refractivity contribution is 14.0. The molecule has 0 bridgehead atoms. The molecule has 0 saturated carbocycles. The monoisotopic (exact) mass is 526 g/mol. The average Bonchev–Trinajstić information content (AvgIpc) is 2.82. The van der Waals surface area contributed by atoms with Crippen molar-refractivity contribution in [2.45, 2.75) is 33.9 Å². The third-order valence-corrected chi connectivity index (χ3v) is 4.09. The van der Waals surface area contributed by atoms with Crippen molar-refractivity contribution >= 4 is 57.5 Å². The van der Waals surface area contributed by atoms with Gasteiger partial charge in [-0.3, -0.25) is 0 Å². The summed E-state index contributed by atoms with van der Waals surface area (Å²) in [7, 11) is 0. The molecule has 0 atom stereocenters. The van der Waals surface area contributed by atoms with Crippen LogP contribution in [0.2, 0.25) is 5.02 Å². The van der Waals surface area contributed by atoms with Gasteiger partial charge in [-0.1, -0.05) is 33.6 Å². The SMILES string of the molecule is CCNC(=NCc1ccc(Br)cc1Cl)NCc1nc(C)c(C)o1.I. The van der Waals surface area contributed by atoms with Crippen LogP contribution in [0.3, 0.4) is 0 Å². The number of rotatable bonds is 5. The second-order valence-corrected chi connectivity index (χ2v) is 6.36. The number of halogens is 3. The van der Waals surface area contributed by atoms with Crippen molar-refractivity contribution in [3.8, 4) is 0 Å². The van der Waals surface area contributed by atoms with Crippen LogP contribution in [-0.4, -0.2) is 17.5 Å². The van der Waals surface area contributed by atoms with E-state index in [2.05, 4.69) is 36.5 Å². The Kier molecular flexibility index (Phi) is 9.07. The van der Waals surface area contributed by atoms with Gasteiger partial charge < -0.3 is 15.1 Å². The Hall–Kier alpha value is -0.800. The van der Waals surface area contributed by atoms with Crippen molar-refractivity contribution < 1.29 is 4.42 Å². The highest BCUT2D eigenvalue weighted by Gasteiger charge is 2.07. The summed E-state index contributed by atoms with van der Waals surface area (Å²) >= 11 is 9.62. The molecule has 24 heavy (non-hydrogen) atoms. The summed E-state index contributed by atoms with van der Waals surface area (Å²) in [6.07, 6.45) is 0. The second-order valence-electron chi connectivity index (χ2n) is 5.03. The van der Waals surface area contributed by atoms with Crippen LogP contribution in [-0.2, 0) is 13.1 Å². The van der Waals surface area contributed by atoms with Crippen molar-refractivity contribution in [1.82, 2.24) is 15.6 Å². The van der Waals surface area contributed by atoms with E-state index in [1.165, 1.54) is 0 Å². The first-order chi connectivity index (χ1) is 11.0. The summed E-state index contributed by atoms with van der Waals surface area (Å²) in [4.78, 5) is 8.89. The molecule has 0 radical (unpaired) electrons. The summed E-state index contributed by atoms with van der Waals surface area (Å²) < 4.78 is 6.51. The fourth-order valence-corrected chi connectivity index (χ4v) is 2.66. The Morgan fingerprint density at radius 3 is 2.67 bits per heavy atom. The smallest absolute Gasteiger partial charge is 0.214 e.